The number of sulfonamides is 1. The van der Waals surface area contributed by atoms with Crippen molar-refractivity contribution in [3.8, 4) is 0 Å². The summed E-state index contributed by atoms with van der Waals surface area (Å²) in [5.74, 6) is 0.323. The van der Waals surface area contributed by atoms with Crippen molar-refractivity contribution in [2.24, 2.45) is 0 Å². The van der Waals surface area contributed by atoms with Crippen LogP contribution in [-0.4, -0.2) is 20.4 Å². The van der Waals surface area contributed by atoms with E-state index in [2.05, 4.69) is 15.0 Å². The summed E-state index contributed by atoms with van der Waals surface area (Å²) < 4.78 is 27.4. The van der Waals surface area contributed by atoms with Gasteiger partial charge >= 0.3 is 0 Å². The number of nitrogens with zero attached hydrogens (tertiary/aromatic N) is 1. The van der Waals surface area contributed by atoms with E-state index in [1.165, 1.54) is 6.07 Å². The van der Waals surface area contributed by atoms with E-state index in [9.17, 15) is 8.42 Å². The van der Waals surface area contributed by atoms with Crippen LogP contribution in [0.15, 0.2) is 41.4 Å². The Labute approximate surface area is 119 Å². The predicted molar refractivity (Wildman–Crippen MR) is 80.5 cm³/mol. The van der Waals surface area contributed by atoms with E-state index < -0.39 is 10.0 Å². The van der Waals surface area contributed by atoms with Crippen molar-refractivity contribution in [3.05, 3.63) is 47.7 Å². The number of aryl methyl sites for hydroxylation is 2. The van der Waals surface area contributed by atoms with Gasteiger partial charge in [-0.05, 0) is 49.2 Å². The number of rotatable bonds is 4. The summed E-state index contributed by atoms with van der Waals surface area (Å²) >= 11 is 0. The number of aromatic nitrogens is 1. The van der Waals surface area contributed by atoms with Gasteiger partial charge < -0.3 is 5.32 Å². The Balaban J connectivity index is 2.41. The summed E-state index contributed by atoms with van der Waals surface area (Å²) in [6.45, 7) is 3.85. The number of hydrogen-bond donors (Lipinski definition) is 2. The van der Waals surface area contributed by atoms with Gasteiger partial charge in [0.2, 0.25) is 0 Å². The van der Waals surface area contributed by atoms with Gasteiger partial charge in [-0.3, -0.25) is 4.72 Å². The summed E-state index contributed by atoms with van der Waals surface area (Å²) in [4.78, 5) is 4.14. The quantitative estimate of drug-likeness (QED) is 0.908. The molecule has 0 fully saturated rings. The first-order valence-corrected chi connectivity index (χ1v) is 7.64. The SMILES string of the molecule is CNc1ncccc1S(=O)(=O)Nc1cc(C)cc(C)c1. The molecule has 0 saturated heterocycles. The Hall–Kier alpha value is -2.08. The van der Waals surface area contributed by atoms with Crippen LogP contribution in [0.3, 0.4) is 0 Å². The van der Waals surface area contributed by atoms with Crippen LogP contribution in [0.4, 0.5) is 11.5 Å². The van der Waals surface area contributed by atoms with Gasteiger partial charge in [-0.15, -0.1) is 0 Å². The average molecular weight is 291 g/mol. The zero-order valence-electron chi connectivity index (χ0n) is 11.6. The van der Waals surface area contributed by atoms with E-state index in [0.717, 1.165) is 11.1 Å². The van der Waals surface area contributed by atoms with Gasteiger partial charge in [0.1, 0.15) is 10.7 Å². The Morgan fingerprint density at radius 1 is 1.10 bits per heavy atom. The molecule has 0 radical (unpaired) electrons. The lowest BCUT2D eigenvalue weighted by Gasteiger charge is -2.12. The number of benzene rings is 1. The molecule has 2 rings (SSSR count). The molecule has 6 heteroatoms. The topological polar surface area (TPSA) is 71.1 Å². The lowest BCUT2D eigenvalue weighted by atomic mass is 10.1. The minimum atomic E-state index is -3.66. The van der Waals surface area contributed by atoms with Crippen LogP contribution in [0.1, 0.15) is 11.1 Å². The standard InChI is InChI=1S/C14H17N3O2S/c1-10-7-11(2)9-12(8-10)17-20(18,19)13-5-4-6-16-14(13)15-3/h4-9,17H,1-3H3,(H,15,16). The maximum absolute atomic E-state index is 12.4. The molecule has 0 saturated carbocycles. The van der Waals surface area contributed by atoms with Gasteiger partial charge in [0.05, 0.1) is 0 Å². The minimum Gasteiger partial charge on any atom is -0.372 e. The summed E-state index contributed by atoms with van der Waals surface area (Å²) in [6, 6.07) is 8.68. The van der Waals surface area contributed by atoms with Crippen LogP contribution < -0.4 is 10.0 Å². The lowest BCUT2D eigenvalue weighted by Crippen LogP contribution is -2.15. The molecule has 2 aromatic rings. The van der Waals surface area contributed by atoms with Crippen LogP contribution in [-0.2, 0) is 10.0 Å². The molecule has 0 unspecified atom stereocenters. The summed E-state index contributed by atoms with van der Waals surface area (Å²) in [6.07, 6.45) is 1.54. The van der Waals surface area contributed by atoms with E-state index in [1.54, 1.807) is 31.4 Å². The van der Waals surface area contributed by atoms with Crippen LogP contribution in [0.5, 0.6) is 0 Å². The second-order valence-electron chi connectivity index (χ2n) is 4.58. The summed E-state index contributed by atoms with van der Waals surface area (Å²) in [7, 11) is -2.03. The lowest BCUT2D eigenvalue weighted by molar-refractivity contribution is 0.601. The van der Waals surface area contributed by atoms with Crippen LogP contribution in [0, 0.1) is 13.8 Å². The molecule has 0 amide bonds. The van der Waals surface area contributed by atoms with E-state index in [-0.39, 0.29) is 4.90 Å². The van der Waals surface area contributed by atoms with Crippen LogP contribution >= 0.6 is 0 Å². The second-order valence-corrected chi connectivity index (χ2v) is 6.23. The maximum atomic E-state index is 12.4. The van der Waals surface area contributed by atoms with Gasteiger partial charge in [-0.1, -0.05) is 6.07 Å². The van der Waals surface area contributed by atoms with E-state index in [0.29, 0.717) is 11.5 Å². The zero-order valence-corrected chi connectivity index (χ0v) is 12.5. The number of nitrogens with one attached hydrogen (secondary N) is 2. The highest BCUT2D eigenvalue weighted by molar-refractivity contribution is 7.92. The predicted octanol–water partition coefficient (Wildman–Crippen LogP) is 2.54. The van der Waals surface area contributed by atoms with E-state index in [4.69, 9.17) is 0 Å². The van der Waals surface area contributed by atoms with Crippen molar-refractivity contribution in [2.45, 2.75) is 18.7 Å². The first-order valence-electron chi connectivity index (χ1n) is 6.16. The second kappa shape index (κ2) is 5.50. The third-order valence-electron chi connectivity index (χ3n) is 2.77. The summed E-state index contributed by atoms with van der Waals surface area (Å²) in [5, 5.41) is 2.78. The van der Waals surface area contributed by atoms with Crippen LogP contribution in [0.25, 0.3) is 0 Å². The molecule has 5 nitrogen and oxygen atoms in total. The highest BCUT2D eigenvalue weighted by atomic mass is 32.2. The van der Waals surface area contributed by atoms with Gasteiger partial charge in [-0.2, -0.15) is 0 Å². The van der Waals surface area contributed by atoms with E-state index >= 15 is 0 Å². The largest absolute Gasteiger partial charge is 0.372 e. The normalized spacial score (nSPS) is 11.2. The molecule has 0 spiro atoms. The Morgan fingerprint density at radius 2 is 1.75 bits per heavy atom. The molecule has 2 N–H and O–H groups in total. The fraction of sp³-hybridized carbons (Fsp3) is 0.214. The number of hydrogen-bond acceptors (Lipinski definition) is 4. The molecule has 0 aliphatic rings. The highest BCUT2D eigenvalue weighted by Gasteiger charge is 2.19. The van der Waals surface area contributed by atoms with Crippen molar-refractivity contribution < 1.29 is 8.42 Å². The Kier molecular flexibility index (Phi) is 3.94. The first-order chi connectivity index (χ1) is 9.42. The zero-order chi connectivity index (χ0) is 14.8. The molecule has 1 aromatic carbocycles. The molecule has 0 atom stereocenters. The maximum Gasteiger partial charge on any atom is 0.265 e. The first kappa shape index (κ1) is 14.3. The molecule has 106 valence electrons. The third-order valence-corrected chi connectivity index (χ3v) is 4.18. The fourth-order valence-electron chi connectivity index (χ4n) is 2.04. The monoisotopic (exact) mass is 291 g/mol. The minimum absolute atomic E-state index is 0.127. The molecule has 20 heavy (non-hydrogen) atoms. The molecule has 0 bridgehead atoms. The van der Waals surface area contributed by atoms with E-state index in [1.807, 2.05) is 19.9 Å². The molecular formula is C14H17N3O2S. The van der Waals surface area contributed by atoms with Gasteiger partial charge in [0.15, 0.2) is 0 Å². The van der Waals surface area contributed by atoms with Crippen molar-refractivity contribution in [1.29, 1.82) is 0 Å². The van der Waals surface area contributed by atoms with Gasteiger partial charge in [0.25, 0.3) is 10.0 Å². The van der Waals surface area contributed by atoms with Crippen LogP contribution in [0.2, 0.25) is 0 Å². The van der Waals surface area contributed by atoms with Crippen molar-refractivity contribution in [2.75, 3.05) is 17.1 Å². The van der Waals surface area contributed by atoms with Crippen molar-refractivity contribution in [1.82, 2.24) is 4.98 Å². The molecular weight excluding hydrogens is 274 g/mol. The van der Waals surface area contributed by atoms with Gasteiger partial charge in [-0.25, -0.2) is 13.4 Å². The third kappa shape index (κ3) is 3.08. The Morgan fingerprint density at radius 3 is 2.35 bits per heavy atom. The Bertz CT molecular complexity index is 707. The van der Waals surface area contributed by atoms with Crippen molar-refractivity contribution in [3.63, 3.8) is 0 Å². The highest BCUT2D eigenvalue weighted by Crippen LogP contribution is 2.22. The molecule has 1 heterocycles. The number of anilines is 2. The van der Waals surface area contributed by atoms with Gasteiger partial charge in [0, 0.05) is 18.9 Å². The molecule has 0 aliphatic heterocycles. The van der Waals surface area contributed by atoms with Crippen molar-refractivity contribution >= 4 is 21.5 Å². The average Bonchev–Trinajstić information content (AvgIpc) is 2.36. The number of pyridine rings is 1. The molecule has 0 aliphatic carbocycles. The summed E-state index contributed by atoms with van der Waals surface area (Å²) in [5.41, 5.74) is 2.55. The smallest absolute Gasteiger partial charge is 0.265 e. The fourth-order valence-corrected chi connectivity index (χ4v) is 3.24. The molecule has 1 aromatic heterocycles.